The molecule has 0 spiro atoms. The third kappa shape index (κ3) is 5.89. The molecule has 0 aliphatic carbocycles. The zero-order chi connectivity index (χ0) is 20.3. The number of anilines is 2. The van der Waals surface area contributed by atoms with E-state index in [9.17, 15) is 4.79 Å². The van der Waals surface area contributed by atoms with Crippen LogP contribution < -0.4 is 5.32 Å². The van der Waals surface area contributed by atoms with Crippen molar-refractivity contribution in [1.82, 2.24) is 19.9 Å². The molecule has 0 aromatic carbocycles. The number of rotatable bonds is 4. The van der Waals surface area contributed by atoms with Crippen molar-refractivity contribution in [2.24, 2.45) is 5.92 Å². The van der Waals surface area contributed by atoms with Crippen molar-refractivity contribution in [1.29, 1.82) is 0 Å². The summed E-state index contributed by atoms with van der Waals surface area (Å²) in [4.78, 5) is 28.8. The number of hydrogen-bond donors (Lipinski definition) is 1. The van der Waals surface area contributed by atoms with Gasteiger partial charge in [0.25, 0.3) is 0 Å². The summed E-state index contributed by atoms with van der Waals surface area (Å²) in [7, 11) is 0. The molecule has 1 amide bonds. The SMILES string of the molecule is Cc1cc(Nc2ncc(C)s2)nc(CC2CCN(C(=O)OC(C)(C)C)CC2)n1. The van der Waals surface area contributed by atoms with Crippen molar-refractivity contribution in [2.45, 2.75) is 59.5 Å². The first-order valence-corrected chi connectivity index (χ1v) is 10.5. The Hall–Kier alpha value is -2.22. The van der Waals surface area contributed by atoms with E-state index in [1.807, 2.05) is 46.9 Å². The molecule has 1 N–H and O–H groups in total. The molecule has 7 nitrogen and oxygen atoms in total. The second-order valence-corrected chi connectivity index (χ2v) is 9.56. The monoisotopic (exact) mass is 403 g/mol. The highest BCUT2D eigenvalue weighted by Gasteiger charge is 2.27. The van der Waals surface area contributed by atoms with Crippen LogP contribution in [-0.4, -0.2) is 44.6 Å². The number of carbonyl (C=O) groups excluding carboxylic acids is 1. The predicted molar refractivity (Wildman–Crippen MR) is 111 cm³/mol. The van der Waals surface area contributed by atoms with E-state index < -0.39 is 5.60 Å². The normalized spacial score (nSPS) is 15.5. The van der Waals surface area contributed by atoms with Crippen LogP contribution in [-0.2, 0) is 11.2 Å². The molecule has 3 heterocycles. The zero-order valence-electron chi connectivity index (χ0n) is 17.3. The molecule has 0 saturated carbocycles. The Bertz CT molecular complexity index is 822. The van der Waals surface area contributed by atoms with Gasteiger partial charge in [0.2, 0.25) is 0 Å². The lowest BCUT2D eigenvalue weighted by Crippen LogP contribution is -2.42. The molecule has 0 atom stereocenters. The lowest BCUT2D eigenvalue weighted by Gasteiger charge is -2.33. The first-order valence-electron chi connectivity index (χ1n) is 9.70. The van der Waals surface area contributed by atoms with Gasteiger partial charge in [-0.1, -0.05) is 0 Å². The van der Waals surface area contributed by atoms with E-state index in [4.69, 9.17) is 4.74 Å². The van der Waals surface area contributed by atoms with Gasteiger partial charge in [-0.3, -0.25) is 0 Å². The van der Waals surface area contributed by atoms with Crippen molar-refractivity contribution in [3.63, 3.8) is 0 Å². The predicted octanol–water partition coefficient (Wildman–Crippen LogP) is 4.48. The molecule has 0 unspecified atom stereocenters. The molecule has 3 rings (SSSR count). The van der Waals surface area contributed by atoms with Gasteiger partial charge < -0.3 is 15.0 Å². The molecular formula is C20H29N5O2S. The zero-order valence-corrected chi connectivity index (χ0v) is 18.1. The number of amides is 1. The number of aromatic nitrogens is 3. The van der Waals surface area contributed by atoms with Crippen molar-refractivity contribution in [2.75, 3.05) is 18.4 Å². The van der Waals surface area contributed by atoms with Crippen LogP contribution in [0.2, 0.25) is 0 Å². The number of nitrogens with zero attached hydrogens (tertiary/aromatic N) is 4. The van der Waals surface area contributed by atoms with E-state index in [2.05, 4.69) is 20.3 Å². The number of likely N-dealkylation sites (tertiary alicyclic amines) is 1. The van der Waals surface area contributed by atoms with Crippen LogP contribution in [0.5, 0.6) is 0 Å². The minimum absolute atomic E-state index is 0.219. The fourth-order valence-corrected chi connectivity index (χ4v) is 3.88. The summed E-state index contributed by atoms with van der Waals surface area (Å²) in [6.45, 7) is 11.1. The van der Waals surface area contributed by atoms with E-state index in [1.54, 1.807) is 16.2 Å². The quantitative estimate of drug-likeness (QED) is 0.810. The summed E-state index contributed by atoms with van der Waals surface area (Å²) in [5.41, 5.74) is 0.481. The van der Waals surface area contributed by atoms with Crippen LogP contribution in [0.15, 0.2) is 12.3 Å². The smallest absolute Gasteiger partial charge is 0.410 e. The summed E-state index contributed by atoms with van der Waals surface area (Å²) in [6.07, 6.45) is 4.31. The van der Waals surface area contributed by atoms with Gasteiger partial charge in [-0.15, -0.1) is 11.3 Å². The molecule has 1 fully saturated rings. The Morgan fingerprint density at radius 1 is 1.29 bits per heavy atom. The molecule has 2 aromatic heterocycles. The van der Waals surface area contributed by atoms with E-state index in [0.29, 0.717) is 5.92 Å². The lowest BCUT2D eigenvalue weighted by atomic mass is 9.93. The minimum atomic E-state index is -0.456. The third-order valence-electron chi connectivity index (χ3n) is 4.49. The fourth-order valence-electron chi connectivity index (χ4n) is 3.21. The maximum atomic E-state index is 12.2. The second kappa shape index (κ2) is 8.43. The van der Waals surface area contributed by atoms with Crippen molar-refractivity contribution in [3.8, 4) is 0 Å². The molecular weight excluding hydrogens is 374 g/mol. The van der Waals surface area contributed by atoms with Gasteiger partial charge in [0, 0.05) is 42.3 Å². The molecule has 2 aromatic rings. The number of piperidine rings is 1. The summed E-state index contributed by atoms with van der Waals surface area (Å²) >= 11 is 1.60. The van der Waals surface area contributed by atoms with Gasteiger partial charge >= 0.3 is 6.09 Å². The van der Waals surface area contributed by atoms with Crippen molar-refractivity contribution in [3.05, 3.63) is 28.7 Å². The van der Waals surface area contributed by atoms with Gasteiger partial charge in [0.1, 0.15) is 17.2 Å². The summed E-state index contributed by atoms with van der Waals surface area (Å²) in [5, 5.41) is 4.11. The van der Waals surface area contributed by atoms with Crippen LogP contribution in [0.25, 0.3) is 0 Å². The largest absolute Gasteiger partial charge is 0.444 e. The molecule has 0 bridgehead atoms. The Morgan fingerprint density at radius 3 is 2.61 bits per heavy atom. The van der Waals surface area contributed by atoms with Crippen LogP contribution in [0.1, 0.15) is 50.0 Å². The van der Waals surface area contributed by atoms with Gasteiger partial charge in [0.05, 0.1) is 0 Å². The number of nitrogens with one attached hydrogen (secondary N) is 1. The van der Waals surface area contributed by atoms with Gasteiger partial charge in [-0.25, -0.2) is 19.7 Å². The fraction of sp³-hybridized carbons (Fsp3) is 0.600. The standard InChI is InChI=1S/C20H29N5O2S/c1-13-10-16(24-18-21-12-14(2)28-18)23-17(22-13)11-15-6-8-25(9-7-15)19(26)27-20(3,4)5/h10,12,15H,6-9,11H2,1-5H3,(H,21,22,23,24). The highest BCUT2D eigenvalue weighted by Crippen LogP contribution is 2.24. The summed E-state index contributed by atoms with van der Waals surface area (Å²) in [5.74, 6) is 2.09. The summed E-state index contributed by atoms with van der Waals surface area (Å²) < 4.78 is 5.47. The molecule has 1 saturated heterocycles. The second-order valence-electron chi connectivity index (χ2n) is 8.33. The number of aryl methyl sites for hydroxylation is 2. The molecule has 1 aliphatic rings. The molecule has 8 heteroatoms. The Morgan fingerprint density at radius 2 is 2.00 bits per heavy atom. The van der Waals surface area contributed by atoms with Gasteiger partial charge in [-0.05, 0) is 53.4 Å². The maximum Gasteiger partial charge on any atom is 0.410 e. The summed E-state index contributed by atoms with van der Waals surface area (Å²) in [6, 6.07) is 1.94. The van der Waals surface area contributed by atoms with E-state index in [-0.39, 0.29) is 6.09 Å². The highest BCUT2D eigenvalue weighted by atomic mass is 32.1. The van der Waals surface area contributed by atoms with Gasteiger partial charge in [-0.2, -0.15) is 0 Å². The van der Waals surface area contributed by atoms with Crippen LogP contribution in [0.3, 0.4) is 0 Å². The van der Waals surface area contributed by atoms with Gasteiger partial charge in [0.15, 0.2) is 5.13 Å². The topological polar surface area (TPSA) is 80.2 Å². The molecule has 0 radical (unpaired) electrons. The molecule has 1 aliphatic heterocycles. The van der Waals surface area contributed by atoms with Crippen LogP contribution in [0.4, 0.5) is 15.7 Å². The van der Waals surface area contributed by atoms with Crippen molar-refractivity contribution < 1.29 is 9.53 Å². The van der Waals surface area contributed by atoms with E-state index in [0.717, 1.165) is 59.7 Å². The number of carbonyl (C=O) groups is 1. The third-order valence-corrected chi connectivity index (χ3v) is 5.32. The Labute approximate surface area is 170 Å². The average Bonchev–Trinajstić information content (AvgIpc) is 2.98. The first kappa shape index (κ1) is 20.5. The average molecular weight is 404 g/mol. The maximum absolute atomic E-state index is 12.2. The van der Waals surface area contributed by atoms with E-state index in [1.165, 1.54) is 0 Å². The van der Waals surface area contributed by atoms with Crippen LogP contribution >= 0.6 is 11.3 Å². The number of thiazole rings is 1. The number of hydrogen-bond acceptors (Lipinski definition) is 7. The van der Waals surface area contributed by atoms with Crippen molar-refractivity contribution >= 4 is 28.4 Å². The number of ether oxygens (including phenoxy) is 1. The minimum Gasteiger partial charge on any atom is -0.444 e. The molecule has 28 heavy (non-hydrogen) atoms. The molecule has 152 valence electrons. The first-order chi connectivity index (χ1) is 13.2. The van der Waals surface area contributed by atoms with E-state index >= 15 is 0 Å². The highest BCUT2D eigenvalue weighted by molar-refractivity contribution is 7.15. The Balaban J connectivity index is 1.57. The van der Waals surface area contributed by atoms with Crippen LogP contribution in [0, 0.1) is 19.8 Å². The lowest BCUT2D eigenvalue weighted by molar-refractivity contribution is 0.0184. The Kier molecular flexibility index (Phi) is 6.17.